The summed E-state index contributed by atoms with van der Waals surface area (Å²) in [5.41, 5.74) is 0.890. The molecule has 0 radical (unpaired) electrons. The molecule has 0 atom stereocenters. The quantitative estimate of drug-likeness (QED) is 0.572. The van der Waals surface area contributed by atoms with Gasteiger partial charge in [0.05, 0.1) is 12.8 Å². The van der Waals surface area contributed by atoms with E-state index in [1.54, 1.807) is 10.9 Å². The van der Waals surface area contributed by atoms with Crippen LogP contribution in [0.5, 0.6) is 5.75 Å². The smallest absolute Gasteiger partial charge is 0.216 e. The number of rotatable bonds is 7. The van der Waals surface area contributed by atoms with Crippen LogP contribution in [-0.2, 0) is 6.42 Å². The molecule has 5 nitrogen and oxygen atoms in total. The molecular weight excluding hydrogens is 364 g/mol. The third-order valence-electron chi connectivity index (χ3n) is 3.06. The lowest BCUT2D eigenvalue weighted by Gasteiger charge is -2.07. The summed E-state index contributed by atoms with van der Waals surface area (Å²) in [6.45, 7) is 4.71. The topological polar surface area (TPSA) is 55.2 Å². The summed E-state index contributed by atoms with van der Waals surface area (Å²) in [6.07, 6.45) is 4.74. The molecule has 0 saturated heterocycles. The second-order valence-corrected chi connectivity index (χ2v) is 6.02. The number of aryl methyl sites for hydroxylation is 1. The van der Waals surface area contributed by atoms with Crippen LogP contribution in [-0.4, -0.2) is 27.7 Å². The molecule has 0 amide bonds. The van der Waals surface area contributed by atoms with E-state index in [1.807, 2.05) is 25.1 Å². The number of hydrogen-bond donors (Lipinski definition) is 1. The van der Waals surface area contributed by atoms with Crippen LogP contribution in [0.25, 0.3) is 0 Å². The number of ether oxygens (including phenoxy) is 1. The fraction of sp³-hybridized carbons (Fsp3) is 0.400. The predicted octanol–water partition coefficient (Wildman–Crippen LogP) is 4.33. The van der Waals surface area contributed by atoms with Gasteiger partial charge in [0.1, 0.15) is 5.75 Å². The minimum atomic E-state index is 0.496. The standard InChI is InChI=1S/C15H19BrN4OS/c1-3-5-6-14-18-19-15(22)20(14)17-10-11-9-12(16)7-8-13(11)21-4-2/h7-10H,3-6H2,1-2H3,(H,19,22)/b17-10+. The van der Waals surface area contributed by atoms with E-state index in [0.29, 0.717) is 11.4 Å². The third-order valence-corrected chi connectivity index (χ3v) is 3.81. The lowest BCUT2D eigenvalue weighted by Crippen LogP contribution is -2.01. The van der Waals surface area contributed by atoms with E-state index in [0.717, 1.165) is 40.9 Å². The molecular formula is C15H19BrN4OS. The Labute approximate surface area is 143 Å². The molecule has 1 N–H and O–H groups in total. The van der Waals surface area contributed by atoms with E-state index < -0.39 is 0 Å². The van der Waals surface area contributed by atoms with Crippen LogP contribution in [0, 0.1) is 4.77 Å². The van der Waals surface area contributed by atoms with Gasteiger partial charge in [0, 0.05) is 16.5 Å². The van der Waals surface area contributed by atoms with Crippen LogP contribution in [0.3, 0.4) is 0 Å². The van der Waals surface area contributed by atoms with Crippen molar-refractivity contribution in [3.8, 4) is 5.75 Å². The number of benzene rings is 1. The summed E-state index contributed by atoms with van der Waals surface area (Å²) in [5.74, 6) is 1.63. The number of nitrogens with zero attached hydrogens (tertiary/aromatic N) is 3. The Morgan fingerprint density at radius 2 is 2.27 bits per heavy atom. The fourth-order valence-electron chi connectivity index (χ4n) is 1.97. The highest BCUT2D eigenvalue weighted by Gasteiger charge is 2.06. The van der Waals surface area contributed by atoms with Crippen molar-refractivity contribution in [3.63, 3.8) is 0 Å². The maximum atomic E-state index is 5.62. The molecule has 0 aliphatic rings. The van der Waals surface area contributed by atoms with Gasteiger partial charge >= 0.3 is 0 Å². The van der Waals surface area contributed by atoms with Crippen molar-refractivity contribution in [1.29, 1.82) is 0 Å². The van der Waals surface area contributed by atoms with Crippen LogP contribution in [0.2, 0.25) is 0 Å². The van der Waals surface area contributed by atoms with Gasteiger partial charge in [-0.15, -0.1) is 0 Å². The van der Waals surface area contributed by atoms with Gasteiger partial charge in [-0.05, 0) is 43.8 Å². The predicted molar refractivity (Wildman–Crippen MR) is 94.3 cm³/mol. The zero-order valence-electron chi connectivity index (χ0n) is 12.7. The molecule has 1 aromatic heterocycles. The summed E-state index contributed by atoms with van der Waals surface area (Å²) >= 11 is 8.71. The van der Waals surface area contributed by atoms with Crippen molar-refractivity contribution in [2.24, 2.45) is 5.10 Å². The van der Waals surface area contributed by atoms with E-state index in [9.17, 15) is 0 Å². The van der Waals surface area contributed by atoms with Crippen LogP contribution in [0.4, 0.5) is 0 Å². The normalized spacial score (nSPS) is 11.2. The Bertz CT molecular complexity index is 708. The average molecular weight is 383 g/mol. The van der Waals surface area contributed by atoms with E-state index in [2.05, 4.69) is 38.2 Å². The Hall–Kier alpha value is -1.47. The van der Waals surface area contributed by atoms with Crippen molar-refractivity contribution in [2.75, 3.05) is 6.61 Å². The molecule has 22 heavy (non-hydrogen) atoms. The number of aromatic nitrogens is 3. The van der Waals surface area contributed by atoms with Crippen LogP contribution in [0.15, 0.2) is 27.8 Å². The van der Waals surface area contributed by atoms with Gasteiger partial charge in [-0.3, -0.25) is 5.10 Å². The number of nitrogens with one attached hydrogen (secondary N) is 1. The van der Waals surface area contributed by atoms with Gasteiger partial charge in [0.25, 0.3) is 0 Å². The molecule has 1 heterocycles. The van der Waals surface area contributed by atoms with Crippen molar-refractivity contribution in [3.05, 3.63) is 38.8 Å². The Balaban J connectivity index is 2.30. The summed E-state index contributed by atoms with van der Waals surface area (Å²) in [5, 5.41) is 11.5. The van der Waals surface area contributed by atoms with E-state index in [1.165, 1.54) is 0 Å². The summed E-state index contributed by atoms with van der Waals surface area (Å²) in [6, 6.07) is 5.82. The highest BCUT2D eigenvalue weighted by Crippen LogP contribution is 2.22. The first kappa shape index (κ1) is 16.9. The monoisotopic (exact) mass is 382 g/mol. The molecule has 118 valence electrons. The first-order valence-electron chi connectivity index (χ1n) is 7.28. The molecule has 2 aromatic rings. The molecule has 1 aromatic carbocycles. The van der Waals surface area contributed by atoms with Crippen molar-refractivity contribution in [2.45, 2.75) is 33.1 Å². The number of hydrogen-bond acceptors (Lipinski definition) is 4. The maximum absolute atomic E-state index is 5.62. The second kappa shape index (κ2) is 8.24. The molecule has 2 rings (SSSR count). The van der Waals surface area contributed by atoms with Gasteiger partial charge < -0.3 is 4.74 Å². The summed E-state index contributed by atoms with van der Waals surface area (Å²) < 4.78 is 8.75. The van der Waals surface area contributed by atoms with Crippen LogP contribution < -0.4 is 4.74 Å². The van der Waals surface area contributed by atoms with Crippen molar-refractivity contribution < 1.29 is 4.74 Å². The zero-order valence-corrected chi connectivity index (χ0v) is 15.1. The number of halogens is 1. The van der Waals surface area contributed by atoms with Crippen molar-refractivity contribution in [1.82, 2.24) is 14.9 Å². The van der Waals surface area contributed by atoms with Gasteiger partial charge in [0.2, 0.25) is 4.77 Å². The molecule has 0 aliphatic heterocycles. The molecule has 0 unspecified atom stereocenters. The maximum Gasteiger partial charge on any atom is 0.216 e. The van der Waals surface area contributed by atoms with E-state index in [-0.39, 0.29) is 0 Å². The SMILES string of the molecule is CCCCc1n[nH]c(=S)n1/N=C/c1cc(Br)ccc1OCC. The highest BCUT2D eigenvalue weighted by atomic mass is 79.9. The highest BCUT2D eigenvalue weighted by molar-refractivity contribution is 9.10. The second-order valence-electron chi connectivity index (χ2n) is 4.72. The number of unbranched alkanes of at least 4 members (excludes halogenated alkanes) is 1. The first-order valence-corrected chi connectivity index (χ1v) is 8.48. The third kappa shape index (κ3) is 4.27. The minimum absolute atomic E-state index is 0.496. The molecule has 0 saturated carbocycles. The molecule has 0 bridgehead atoms. The van der Waals surface area contributed by atoms with Gasteiger partial charge in [-0.1, -0.05) is 29.3 Å². The first-order chi connectivity index (χ1) is 10.7. The Morgan fingerprint density at radius 1 is 1.45 bits per heavy atom. The molecule has 0 spiro atoms. The van der Waals surface area contributed by atoms with Gasteiger partial charge in [-0.2, -0.15) is 14.9 Å². The lowest BCUT2D eigenvalue weighted by atomic mass is 10.2. The molecule has 0 fully saturated rings. The number of H-pyrrole nitrogens is 1. The lowest BCUT2D eigenvalue weighted by molar-refractivity contribution is 0.339. The minimum Gasteiger partial charge on any atom is -0.493 e. The van der Waals surface area contributed by atoms with Gasteiger partial charge in [0.15, 0.2) is 5.82 Å². The Morgan fingerprint density at radius 3 is 3.00 bits per heavy atom. The van der Waals surface area contributed by atoms with Crippen LogP contribution in [0.1, 0.15) is 38.1 Å². The summed E-state index contributed by atoms with van der Waals surface area (Å²) in [4.78, 5) is 0. The largest absolute Gasteiger partial charge is 0.493 e. The van der Waals surface area contributed by atoms with E-state index >= 15 is 0 Å². The molecule has 7 heteroatoms. The van der Waals surface area contributed by atoms with Crippen molar-refractivity contribution >= 4 is 34.4 Å². The van der Waals surface area contributed by atoms with E-state index in [4.69, 9.17) is 17.0 Å². The summed E-state index contributed by atoms with van der Waals surface area (Å²) in [7, 11) is 0. The van der Waals surface area contributed by atoms with Gasteiger partial charge in [-0.25, -0.2) is 0 Å². The zero-order chi connectivity index (χ0) is 15.9. The van der Waals surface area contributed by atoms with Crippen LogP contribution >= 0.6 is 28.1 Å². The average Bonchev–Trinajstić information content (AvgIpc) is 2.86. The molecule has 0 aliphatic carbocycles. The number of aromatic amines is 1. The Kier molecular flexibility index (Phi) is 6.33. The fourth-order valence-corrected chi connectivity index (χ4v) is 2.54.